The van der Waals surface area contributed by atoms with Crippen LogP contribution in [0.15, 0.2) is 83.8 Å². The van der Waals surface area contributed by atoms with E-state index in [-0.39, 0.29) is 28.7 Å². The molecule has 33 heavy (non-hydrogen) atoms. The number of nitrogens with zero attached hydrogens (tertiary/aromatic N) is 3. The maximum absolute atomic E-state index is 13.5. The van der Waals surface area contributed by atoms with Gasteiger partial charge in [0, 0.05) is 13.1 Å². The van der Waals surface area contributed by atoms with Crippen LogP contribution in [0.1, 0.15) is 18.1 Å². The van der Waals surface area contributed by atoms with E-state index in [2.05, 4.69) is 0 Å². The minimum atomic E-state index is -4.12. The van der Waals surface area contributed by atoms with Gasteiger partial charge in [0.1, 0.15) is 11.4 Å². The van der Waals surface area contributed by atoms with Crippen LogP contribution in [-0.2, 0) is 21.4 Å². The monoisotopic (exact) mass is 463 g/mol. The van der Waals surface area contributed by atoms with E-state index < -0.39 is 16.1 Å². The number of carbonyl (C=O) groups excluding carboxylic acids is 2. The average molecular weight is 464 g/mol. The number of carbonyl (C=O) groups is 2. The van der Waals surface area contributed by atoms with Crippen LogP contribution in [0.5, 0.6) is 0 Å². The van der Waals surface area contributed by atoms with Crippen molar-refractivity contribution in [3.05, 3.63) is 90.0 Å². The van der Waals surface area contributed by atoms with Crippen molar-refractivity contribution in [1.82, 2.24) is 4.90 Å². The maximum atomic E-state index is 13.5. The van der Waals surface area contributed by atoms with Crippen LogP contribution < -0.4 is 9.21 Å². The van der Waals surface area contributed by atoms with E-state index in [9.17, 15) is 18.0 Å². The lowest BCUT2D eigenvalue weighted by Gasteiger charge is -2.36. The smallest absolute Gasteiger partial charge is 0.337 e. The van der Waals surface area contributed by atoms with Gasteiger partial charge in [0.15, 0.2) is 0 Å². The molecule has 0 radical (unpaired) electrons. The Hall–Kier alpha value is -3.65. The van der Waals surface area contributed by atoms with Gasteiger partial charge in [-0.3, -0.25) is 9.69 Å². The van der Waals surface area contributed by atoms with E-state index >= 15 is 0 Å². The van der Waals surface area contributed by atoms with Crippen LogP contribution in [0, 0.1) is 6.92 Å². The molecule has 3 aromatic rings. The quantitative estimate of drug-likeness (QED) is 0.550. The predicted molar refractivity (Wildman–Crippen MR) is 128 cm³/mol. The first-order chi connectivity index (χ1) is 15.8. The van der Waals surface area contributed by atoms with E-state index in [4.69, 9.17) is 0 Å². The summed E-state index contributed by atoms with van der Waals surface area (Å²) in [6, 6.07) is 21.7. The Morgan fingerprint density at radius 1 is 0.909 bits per heavy atom. The first kappa shape index (κ1) is 22.5. The van der Waals surface area contributed by atoms with Crippen LogP contribution in [0.25, 0.3) is 0 Å². The summed E-state index contributed by atoms with van der Waals surface area (Å²) in [5.41, 5.74) is 2.35. The number of rotatable bonds is 6. The highest BCUT2D eigenvalue weighted by Gasteiger charge is 2.43. The zero-order valence-corrected chi connectivity index (χ0v) is 19.3. The molecule has 0 saturated heterocycles. The zero-order chi connectivity index (χ0) is 23.6. The lowest BCUT2D eigenvalue weighted by Crippen LogP contribution is -2.54. The summed E-state index contributed by atoms with van der Waals surface area (Å²) in [5.74, 6) is -0.271. The Morgan fingerprint density at radius 3 is 2.21 bits per heavy atom. The van der Waals surface area contributed by atoms with Crippen LogP contribution >= 0.6 is 0 Å². The van der Waals surface area contributed by atoms with Gasteiger partial charge in [-0.2, -0.15) is 4.31 Å². The molecule has 3 aromatic carbocycles. The standard InChI is InChI=1S/C25H25N3O4S/c1-3-26(17-20-9-5-4-6-10-20)24(29)18-27-22-11-7-8-12-23(22)33(31,32)28(25(27)30)21-15-13-19(2)14-16-21/h4-16H,3,17-18H2,1-2H3. The van der Waals surface area contributed by atoms with Crippen molar-refractivity contribution in [1.29, 1.82) is 0 Å². The Labute approximate surface area is 193 Å². The van der Waals surface area contributed by atoms with Gasteiger partial charge in [-0.25, -0.2) is 13.2 Å². The molecule has 4 rings (SSSR count). The second-order valence-corrected chi connectivity index (χ2v) is 9.59. The van der Waals surface area contributed by atoms with Gasteiger partial charge < -0.3 is 4.90 Å². The number of fused-ring (bicyclic) bond motifs is 1. The third-order valence-corrected chi connectivity index (χ3v) is 7.34. The third-order valence-electron chi connectivity index (χ3n) is 5.59. The molecular formula is C25H25N3O4S. The number of urea groups is 1. The lowest BCUT2D eigenvalue weighted by molar-refractivity contribution is -0.130. The fourth-order valence-electron chi connectivity index (χ4n) is 3.81. The largest absolute Gasteiger partial charge is 0.343 e. The van der Waals surface area contributed by atoms with E-state index in [1.807, 2.05) is 44.2 Å². The van der Waals surface area contributed by atoms with Gasteiger partial charge in [0.25, 0.3) is 10.0 Å². The zero-order valence-electron chi connectivity index (χ0n) is 18.5. The van der Waals surface area contributed by atoms with E-state index in [1.165, 1.54) is 11.0 Å². The molecule has 0 aliphatic carbocycles. The molecule has 8 heteroatoms. The number of benzene rings is 3. The molecule has 0 saturated carbocycles. The van der Waals surface area contributed by atoms with Gasteiger partial charge in [0.05, 0.1) is 11.4 Å². The van der Waals surface area contributed by atoms with Crippen molar-refractivity contribution in [2.24, 2.45) is 0 Å². The number of likely N-dealkylation sites (N-methyl/N-ethyl adjacent to an activating group) is 1. The fraction of sp³-hybridized carbons (Fsp3) is 0.200. The highest BCUT2D eigenvalue weighted by molar-refractivity contribution is 7.94. The minimum absolute atomic E-state index is 0.0101. The van der Waals surface area contributed by atoms with Crippen LogP contribution in [0.4, 0.5) is 16.2 Å². The molecular weight excluding hydrogens is 438 g/mol. The molecule has 0 spiro atoms. The van der Waals surface area contributed by atoms with Gasteiger partial charge in [-0.1, -0.05) is 60.2 Å². The van der Waals surface area contributed by atoms with Crippen molar-refractivity contribution >= 4 is 33.3 Å². The maximum Gasteiger partial charge on any atom is 0.343 e. The average Bonchev–Trinajstić information content (AvgIpc) is 2.82. The normalized spacial score (nSPS) is 14.7. The molecule has 0 bridgehead atoms. The molecule has 0 N–H and O–H groups in total. The first-order valence-corrected chi connectivity index (χ1v) is 12.1. The summed E-state index contributed by atoms with van der Waals surface area (Å²) >= 11 is 0. The number of hydrogen-bond donors (Lipinski definition) is 0. The van der Waals surface area contributed by atoms with Gasteiger partial charge in [0.2, 0.25) is 5.91 Å². The fourth-order valence-corrected chi connectivity index (χ4v) is 5.40. The minimum Gasteiger partial charge on any atom is -0.337 e. The van der Waals surface area contributed by atoms with Crippen LogP contribution in [-0.4, -0.2) is 38.3 Å². The van der Waals surface area contributed by atoms with Crippen molar-refractivity contribution in [3.63, 3.8) is 0 Å². The van der Waals surface area contributed by atoms with Gasteiger partial charge in [-0.15, -0.1) is 0 Å². The van der Waals surface area contributed by atoms with Gasteiger partial charge >= 0.3 is 6.03 Å². The molecule has 0 fully saturated rings. The lowest BCUT2D eigenvalue weighted by atomic mass is 10.2. The molecule has 7 nitrogen and oxygen atoms in total. The topological polar surface area (TPSA) is 78.0 Å². The molecule has 1 aliphatic heterocycles. The molecule has 0 unspecified atom stereocenters. The Morgan fingerprint density at radius 2 is 1.55 bits per heavy atom. The van der Waals surface area contributed by atoms with Crippen LogP contribution in [0.3, 0.4) is 0 Å². The summed E-state index contributed by atoms with van der Waals surface area (Å²) < 4.78 is 27.5. The van der Waals surface area contributed by atoms with Gasteiger partial charge in [-0.05, 0) is 43.7 Å². The Balaban J connectivity index is 1.70. The SMILES string of the molecule is CCN(Cc1ccccc1)C(=O)CN1C(=O)N(c2ccc(C)cc2)S(=O)(=O)c2ccccc21. The molecule has 3 amide bonds. The number of para-hydroxylation sites is 1. The summed E-state index contributed by atoms with van der Waals surface area (Å²) in [4.78, 5) is 29.6. The van der Waals surface area contributed by atoms with E-state index in [1.54, 1.807) is 47.4 Å². The Bertz CT molecular complexity index is 1270. The number of sulfonamides is 1. The molecule has 0 atom stereocenters. The summed E-state index contributed by atoms with van der Waals surface area (Å²) in [5, 5.41) is 0. The third kappa shape index (κ3) is 4.34. The van der Waals surface area contributed by atoms with E-state index in [0.29, 0.717) is 13.1 Å². The summed E-state index contributed by atoms with van der Waals surface area (Å²) in [6.07, 6.45) is 0. The van der Waals surface area contributed by atoms with E-state index in [0.717, 1.165) is 15.4 Å². The highest BCUT2D eigenvalue weighted by Crippen LogP contribution is 2.37. The molecule has 1 heterocycles. The molecule has 0 aromatic heterocycles. The predicted octanol–water partition coefficient (Wildman–Crippen LogP) is 4.18. The first-order valence-electron chi connectivity index (χ1n) is 10.7. The van der Waals surface area contributed by atoms with Crippen molar-refractivity contribution in [3.8, 4) is 0 Å². The van der Waals surface area contributed by atoms with Crippen molar-refractivity contribution < 1.29 is 18.0 Å². The summed E-state index contributed by atoms with van der Waals surface area (Å²) in [7, 11) is -4.12. The number of aryl methyl sites for hydroxylation is 1. The molecule has 170 valence electrons. The van der Waals surface area contributed by atoms with Crippen molar-refractivity contribution in [2.75, 3.05) is 22.3 Å². The highest BCUT2D eigenvalue weighted by atomic mass is 32.2. The number of hydrogen-bond acceptors (Lipinski definition) is 4. The number of amides is 3. The number of anilines is 2. The summed E-state index contributed by atoms with van der Waals surface area (Å²) in [6.45, 7) is 4.34. The second kappa shape index (κ2) is 9.07. The van der Waals surface area contributed by atoms with Crippen LogP contribution in [0.2, 0.25) is 0 Å². The Kier molecular flexibility index (Phi) is 6.20. The molecule has 1 aliphatic rings. The second-order valence-electron chi connectivity index (χ2n) is 7.83. The van der Waals surface area contributed by atoms with Crippen molar-refractivity contribution in [2.45, 2.75) is 25.3 Å².